The zero-order valence-corrected chi connectivity index (χ0v) is 19.3. The van der Waals surface area contributed by atoms with Crippen molar-refractivity contribution in [2.75, 3.05) is 26.3 Å². The zero-order valence-electron chi connectivity index (χ0n) is 19.3. The van der Waals surface area contributed by atoms with Gasteiger partial charge in [-0.25, -0.2) is 0 Å². The van der Waals surface area contributed by atoms with Crippen molar-refractivity contribution in [1.29, 1.82) is 0 Å². The van der Waals surface area contributed by atoms with Crippen molar-refractivity contribution in [2.24, 2.45) is 5.92 Å². The summed E-state index contributed by atoms with van der Waals surface area (Å²) >= 11 is 0. The Morgan fingerprint density at radius 3 is 2.60 bits per heavy atom. The lowest BCUT2D eigenvalue weighted by Crippen LogP contribution is -2.39. The minimum absolute atomic E-state index is 0.00702. The molecule has 1 amide bonds. The molecule has 4 rings (SSSR count). The highest BCUT2D eigenvalue weighted by Gasteiger charge is 2.35. The van der Waals surface area contributed by atoms with Crippen LogP contribution < -0.4 is 4.89 Å². The predicted octanol–water partition coefficient (Wildman–Crippen LogP) is 5.05. The van der Waals surface area contributed by atoms with Crippen LogP contribution in [0.25, 0.3) is 17.2 Å². The molecule has 0 N–H and O–H groups in total. The second kappa shape index (κ2) is 10.5. The molecule has 186 valence electrons. The second-order valence-corrected chi connectivity index (χ2v) is 8.39. The Morgan fingerprint density at radius 2 is 1.89 bits per heavy atom. The van der Waals surface area contributed by atoms with Gasteiger partial charge in [0, 0.05) is 36.7 Å². The Hall–Kier alpha value is -3.33. The number of fused-ring (bicyclic) bond motifs is 1. The highest BCUT2D eigenvalue weighted by atomic mass is 19.4. The first-order valence-corrected chi connectivity index (χ1v) is 11.5. The van der Waals surface area contributed by atoms with Crippen LogP contribution in [-0.2, 0) is 31.8 Å². The summed E-state index contributed by atoms with van der Waals surface area (Å²) in [5, 5.41) is 0. The Bertz CT molecular complexity index is 1120. The number of carbonyl (C=O) groups is 2. The van der Waals surface area contributed by atoms with Crippen LogP contribution in [0.15, 0.2) is 42.5 Å². The van der Waals surface area contributed by atoms with E-state index in [2.05, 4.69) is 0 Å². The van der Waals surface area contributed by atoms with Gasteiger partial charge in [0.05, 0.1) is 24.7 Å². The fraction of sp³-hybridized carbons (Fsp3) is 0.385. The Morgan fingerprint density at radius 1 is 1.14 bits per heavy atom. The number of hydrogen-bond donors (Lipinski definition) is 0. The van der Waals surface area contributed by atoms with E-state index < -0.39 is 11.7 Å². The lowest BCUT2D eigenvalue weighted by Gasteiger charge is -2.30. The third-order valence-electron chi connectivity index (χ3n) is 6.22. The number of alkyl halides is 3. The first-order valence-electron chi connectivity index (χ1n) is 11.5. The van der Waals surface area contributed by atoms with E-state index in [1.54, 1.807) is 36.1 Å². The Labute approximate surface area is 201 Å². The fourth-order valence-electron chi connectivity index (χ4n) is 4.49. The summed E-state index contributed by atoms with van der Waals surface area (Å²) in [6.45, 7) is 3.04. The molecule has 0 unspecified atom stereocenters. The van der Waals surface area contributed by atoms with E-state index in [-0.39, 0.29) is 35.5 Å². The van der Waals surface area contributed by atoms with Crippen LogP contribution >= 0.6 is 0 Å². The molecule has 2 aromatic carbocycles. The maximum Gasteiger partial charge on any atom is 0.417 e. The molecular formula is C26H26F3NO5. The predicted molar refractivity (Wildman–Crippen MR) is 122 cm³/mol. The van der Waals surface area contributed by atoms with E-state index in [1.165, 1.54) is 18.2 Å². The number of amides is 1. The number of esters is 1. The fourth-order valence-corrected chi connectivity index (χ4v) is 4.49. The summed E-state index contributed by atoms with van der Waals surface area (Å²) in [6, 6.07) is 8.80. The average Bonchev–Trinajstić information content (AvgIpc) is 2.86. The first-order chi connectivity index (χ1) is 16.8. The van der Waals surface area contributed by atoms with Gasteiger partial charge in [0.1, 0.15) is 0 Å². The number of nitrogens with zero attached hydrogens (tertiary/aromatic N) is 1. The monoisotopic (exact) mass is 489 g/mol. The van der Waals surface area contributed by atoms with E-state index in [1.807, 2.05) is 0 Å². The zero-order chi connectivity index (χ0) is 25.0. The Balaban J connectivity index is 1.62. The number of halogens is 3. The van der Waals surface area contributed by atoms with Crippen molar-refractivity contribution in [3.63, 3.8) is 0 Å². The summed E-state index contributed by atoms with van der Waals surface area (Å²) in [5.41, 5.74) is 0.489. The normalized spacial score (nSPS) is 16.6. The third kappa shape index (κ3) is 5.51. The van der Waals surface area contributed by atoms with Crippen LogP contribution in [0.1, 0.15) is 36.5 Å². The molecule has 0 bridgehead atoms. The highest BCUT2D eigenvalue weighted by molar-refractivity contribution is 5.94. The van der Waals surface area contributed by atoms with Gasteiger partial charge in [-0.3, -0.25) is 9.59 Å². The van der Waals surface area contributed by atoms with Gasteiger partial charge in [0.15, 0.2) is 5.75 Å². The standard InChI is InChI=1S/C26H26F3NO5/c1-2-33-25(32)18-11-14-30(15-12-18)23(31)10-9-17-5-3-7-21(26(27,28)29)24(17)20-6-4-8-22-19(20)13-16-34-35-22/h3-10,18H,2,11-16H2,1H3/b10-9+. The number of likely N-dealkylation sites (tertiary alicyclic amines) is 1. The van der Waals surface area contributed by atoms with E-state index in [9.17, 15) is 22.8 Å². The maximum absolute atomic E-state index is 14.0. The molecule has 2 aromatic rings. The van der Waals surface area contributed by atoms with Gasteiger partial charge in [0.25, 0.3) is 0 Å². The molecule has 0 aliphatic carbocycles. The highest BCUT2D eigenvalue weighted by Crippen LogP contribution is 2.43. The molecule has 9 heteroatoms. The topological polar surface area (TPSA) is 65.1 Å². The number of rotatable bonds is 5. The van der Waals surface area contributed by atoms with Crippen molar-refractivity contribution in [3.8, 4) is 16.9 Å². The molecule has 35 heavy (non-hydrogen) atoms. The third-order valence-corrected chi connectivity index (χ3v) is 6.22. The molecule has 1 fully saturated rings. The lowest BCUT2D eigenvalue weighted by atomic mass is 9.89. The molecule has 0 saturated carbocycles. The summed E-state index contributed by atoms with van der Waals surface area (Å²) in [5.74, 6) is -0.443. The van der Waals surface area contributed by atoms with Crippen LogP contribution in [0.4, 0.5) is 13.2 Å². The number of hydrogen-bond acceptors (Lipinski definition) is 5. The minimum atomic E-state index is -4.59. The van der Waals surface area contributed by atoms with Crippen LogP contribution in [0, 0.1) is 5.92 Å². The van der Waals surface area contributed by atoms with Crippen molar-refractivity contribution in [2.45, 2.75) is 32.4 Å². The number of benzene rings is 2. The van der Waals surface area contributed by atoms with Gasteiger partial charge in [-0.15, -0.1) is 0 Å². The molecule has 0 atom stereocenters. The SMILES string of the molecule is CCOC(=O)C1CCN(C(=O)/C=C/c2cccc(C(F)(F)F)c2-c2cccc3c2CCOO3)CC1. The first kappa shape index (κ1) is 24.8. The number of carbonyl (C=O) groups excluding carboxylic acids is 2. The largest absolute Gasteiger partial charge is 0.466 e. The summed E-state index contributed by atoms with van der Waals surface area (Å²) in [7, 11) is 0. The molecule has 0 radical (unpaired) electrons. The molecular weight excluding hydrogens is 463 g/mol. The van der Waals surface area contributed by atoms with E-state index in [0.717, 1.165) is 6.07 Å². The molecule has 6 nitrogen and oxygen atoms in total. The maximum atomic E-state index is 14.0. The minimum Gasteiger partial charge on any atom is -0.466 e. The molecule has 2 heterocycles. The van der Waals surface area contributed by atoms with Gasteiger partial charge in [-0.2, -0.15) is 18.1 Å². The number of ether oxygens (including phenoxy) is 1. The van der Waals surface area contributed by atoms with Crippen molar-refractivity contribution in [1.82, 2.24) is 4.90 Å². The lowest BCUT2D eigenvalue weighted by molar-refractivity contribution is -0.215. The quantitative estimate of drug-likeness (QED) is 0.334. The van der Waals surface area contributed by atoms with Crippen LogP contribution in [0.5, 0.6) is 5.75 Å². The van der Waals surface area contributed by atoms with Gasteiger partial charge >= 0.3 is 12.1 Å². The van der Waals surface area contributed by atoms with Crippen LogP contribution in [0.3, 0.4) is 0 Å². The molecule has 2 aliphatic rings. The molecule has 2 aliphatic heterocycles. The van der Waals surface area contributed by atoms with E-state index in [4.69, 9.17) is 14.5 Å². The molecule has 0 spiro atoms. The van der Waals surface area contributed by atoms with Crippen molar-refractivity contribution in [3.05, 3.63) is 59.2 Å². The van der Waals surface area contributed by atoms with Gasteiger partial charge < -0.3 is 14.5 Å². The van der Waals surface area contributed by atoms with Gasteiger partial charge in [0.2, 0.25) is 5.91 Å². The molecule has 0 aromatic heterocycles. The van der Waals surface area contributed by atoms with Crippen LogP contribution in [0.2, 0.25) is 0 Å². The molecule has 1 saturated heterocycles. The summed E-state index contributed by atoms with van der Waals surface area (Å²) < 4.78 is 47.0. The van der Waals surface area contributed by atoms with Gasteiger partial charge in [-0.1, -0.05) is 24.3 Å². The average molecular weight is 489 g/mol. The van der Waals surface area contributed by atoms with Crippen molar-refractivity contribution < 1.29 is 37.3 Å². The second-order valence-electron chi connectivity index (χ2n) is 8.39. The smallest absolute Gasteiger partial charge is 0.417 e. The van der Waals surface area contributed by atoms with Crippen molar-refractivity contribution >= 4 is 18.0 Å². The summed E-state index contributed by atoms with van der Waals surface area (Å²) in [4.78, 5) is 36.5. The number of piperidine rings is 1. The van der Waals surface area contributed by atoms with E-state index >= 15 is 0 Å². The van der Waals surface area contributed by atoms with Crippen LogP contribution in [-0.4, -0.2) is 43.1 Å². The Kier molecular flexibility index (Phi) is 7.45. The van der Waals surface area contributed by atoms with E-state index in [0.29, 0.717) is 55.8 Å². The summed E-state index contributed by atoms with van der Waals surface area (Å²) in [6.07, 6.45) is -0.498. The van der Waals surface area contributed by atoms with Gasteiger partial charge in [-0.05, 0) is 49.1 Å².